The number of nitrogens with two attached hydrogens (primary N) is 1. The molecule has 4 heterocycles. The molecule has 0 bridgehead atoms. The number of imidazole rings is 1. The Morgan fingerprint density at radius 2 is 1.10 bits per heavy atom. The number of aromatic amines is 3. The van der Waals surface area contributed by atoms with Crippen LogP contribution >= 0.6 is 21.6 Å². The van der Waals surface area contributed by atoms with Gasteiger partial charge in [0.15, 0.2) is 0 Å². The van der Waals surface area contributed by atoms with E-state index < -0.39 is 235 Å². The van der Waals surface area contributed by atoms with Crippen LogP contribution in [0.3, 0.4) is 0 Å². The fraction of sp³-hybridized carbons (Fsp3) is 0.604. The highest BCUT2D eigenvalue weighted by molar-refractivity contribution is 8.76. The molecule has 22 N–H and O–H groups in total. The number of aliphatic carboxylic acids is 2. The number of benzene rings is 2. The molecule has 5 aromatic rings. The number of carboxylic acids is 2. The molecule has 1 aliphatic heterocycles. The summed E-state index contributed by atoms with van der Waals surface area (Å²) in [6, 6.07) is -6.49. The monoisotopic (exact) mass is 2060 g/mol. The molecule has 144 heavy (non-hydrogen) atoms. The fourth-order valence-corrected chi connectivity index (χ4v) is 16.4. The average molecular weight is 2070 g/mol. The van der Waals surface area contributed by atoms with Crippen molar-refractivity contribution in [3.63, 3.8) is 0 Å². The summed E-state index contributed by atoms with van der Waals surface area (Å²) >= 11 is 0. The first-order chi connectivity index (χ1) is 68.9. The number of para-hydroxylation sites is 2. The van der Waals surface area contributed by atoms with Gasteiger partial charge in [-0.2, -0.15) is 0 Å². The summed E-state index contributed by atoms with van der Waals surface area (Å²) in [5, 5.41) is 71.3. The van der Waals surface area contributed by atoms with Crippen molar-refractivity contribution in [2.24, 2.45) is 22.7 Å². The lowest BCUT2D eigenvalue weighted by Gasteiger charge is -2.32. The molecule has 1 fully saturated rings. The second-order valence-corrected chi connectivity index (χ2v) is 36.9. The molecule has 1 saturated heterocycles. The van der Waals surface area contributed by atoms with E-state index >= 15 is 24.0 Å². The normalized spacial score (nSPS) is 19.6. The van der Waals surface area contributed by atoms with E-state index in [0.717, 1.165) is 6.92 Å². The van der Waals surface area contributed by atoms with Crippen LogP contribution in [0.2, 0.25) is 0 Å². The zero-order valence-electron chi connectivity index (χ0n) is 81.9. The number of aliphatic hydroxyl groups excluding tert-OH is 1. The summed E-state index contributed by atoms with van der Waals surface area (Å²) in [4.78, 5) is 258. The maximum atomic E-state index is 15.6. The molecule has 0 saturated carbocycles. The molecule has 16 amide bonds. The Kier molecular flexibility index (Phi) is 55.3. The summed E-state index contributed by atoms with van der Waals surface area (Å²) in [5.41, 5.74) is 16.1. The number of fused-ring (bicyclic) bond motifs is 2. The molecular weight excluding hydrogens is 1930 g/mol. The van der Waals surface area contributed by atoms with Gasteiger partial charge in [-0.15, -0.1) is 0 Å². The SMILES string of the molecule is CC(C)CC1NC(=O)C(CCC(=O)O)NC(=O)CNC(=O)C(CCCNC(C)C)NC(=O)C(Cc2c[nH]cn2)NC(=O)C(Cc2c[nH]c3ccccc23)NC(=O)C(C)NC(=O)C(NC(=O)C(CC(=O)O)NC(=O)CCOCCOCCOCCOCCOCCOCCOCCOCCNC(=O)CN=[N+]=[N-])CSSCC(C(=O)NC(C(N)=O)C(C)O)NC(=O)N(Cc2c[nH]c3ccccc23)C(=O)C(C(C)C)NC1=O. The lowest BCUT2D eigenvalue weighted by Crippen LogP contribution is -2.61. The summed E-state index contributed by atoms with van der Waals surface area (Å²) in [5.74, 6) is -19.9. The van der Waals surface area contributed by atoms with Crippen LogP contribution in [0.25, 0.3) is 32.2 Å². The van der Waals surface area contributed by atoms with Crippen LogP contribution < -0.4 is 80.2 Å². The van der Waals surface area contributed by atoms with Crippen LogP contribution in [0.4, 0.5) is 4.79 Å². The third-order valence-electron chi connectivity index (χ3n) is 21.6. The van der Waals surface area contributed by atoms with Crippen LogP contribution in [-0.4, -0.2) is 363 Å². The van der Waals surface area contributed by atoms with Crippen molar-refractivity contribution in [2.75, 3.05) is 143 Å². The van der Waals surface area contributed by atoms with Crippen molar-refractivity contribution < 1.29 is 135 Å². The van der Waals surface area contributed by atoms with Gasteiger partial charge in [-0.3, -0.25) is 81.6 Å². The van der Waals surface area contributed by atoms with Gasteiger partial charge in [0.1, 0.15) is 73.0 Å². The molecule has 0 radical (unpaired) electrons. The maximum Gasteiger partial charge on any atom is 0.325 e. The number of carbonyl (C=O) groups is 17. The van der Waals surface area contributed by atoms with Crippen LogP contribution in [0.1, 0.15) is 117 Å². The van der Waals surface area contributed by atoms with Crippen molar-refractivity contribution in [3.8, 4) is 0 Å². The van der Waals surface area contributed by atoms with Crippen LogP contribution in [-0.2, 0) is 134 Å². The van der Waals surface area contributed by atoms with Crippen molar-refractivity contribution in [3.05, 3.63) is 101 Å². The first-order valence-corrected chi connectivity index (χ1v) is 49.7. The molecule has 0 spiro atoms. The third-order valence-corrected chi connectivity index (χ3v) is 24.0. The third kappa shape index (κ3) is 45.5. The van der Waals surface area contributed by atoms with E-state index in [0.29, 0.717) is 119 Å². The van der Waals surface area contributed by atoms with E-state index in [2.05, 4.69) is 104 Å². The number of hydrogen-bond donors (Lipinski definition) is 21. The summed E-state index contributed by atoms with van der Waals surface area (Å²) < 4.78 is 44.0. The van der Waals surface area contributed by atoms with E-state index in [1.54, 1.807) is 68.6 Å². The Hall–Kier alpha value is -12.7. The minimum atomic E-state index is -1.92. The standard InChI is InChI=1S/C91H137N23O28S2/c1-53(2)40-67-87(130)111-78(54(3)4)90(133)114(49-59-45-98-64-17-12-10-15-62(59)64)91(134)110-72(89(132)112-79(57(8)115)80(92)123)51-144-143-50-71(109-86(129)70(43-77(121)122)104-73(116)21-24-135-26-28-137-30-32-139-34-36-141-38-39-142-37-35-140-33-31-138-29-27-136-25-23-96-74(117)48-101-113-93)88(131)102-56(7)81(124)106-68(41-58-44-97-63-16-11-9-14-61(58)63)84(127)108-69(42-60-46-94-52-100-60)85(128)105-65(18-13-22-95-55(5)6)82(125)99-47-75(118)103-66(83(126)107-67)19-20-76(119)120/h9-12,14-17,44-46,52-57,65-72,78-79,95,97-98,115H,13,18-43,47-51H2,1-8H3,(H2,92,123)(H,94,100)(H,96,117)(H,99,125)(H,102,131)(H,103,118)(H,104,116)(H,105,128)(H,106,124)(H,107,126)(H,108,127)(H,109,129)(H,110,134)(H,111,130)(H,112,132)(H,119,120)(H,121,122). The largest absolute Gasteiger partial charge is 0.481 e. The Bertz CT molecular complexity index is 5000. The number of carboxylic acid groups (broad SMARTS) is 2. The highest BCUT2D eigenvalue weighted by Crippen LogP contribution is 2.27. The molecule has 51 nitrogen and oxygen atoms in total. The Morgan fingerprint density at radius 1 is 0.569 bits per heavy atom. The zero-order chi connectivity index (χ0) is 105. The van der Waals surface area contributed by atoms with Crippen molar-refractivity contribution >= 4 is 144 Å². The second-order valence-electron chi connectivity index (χ2n) is 34.3. The van der Waals surface area contributed by atoms with Gasteiger partial charge < -0.3 is 148 Å². The van der Waals surface area contributed by atoms with E-state index in [-0.39, 0.29) is 110 Å². The molecule has 0 aliphatic carbocycles. The summed E-state index contributed by atoms with van der Waals surface area (Å²) in [6.45, 7) is 14.9. The van der Waals surface area contributed by atoms with Crippen LogP contribution in [0.15, 0.2) is 78.6 Å². The second kappa shape index (κ2) is 66.3. The van der Waals surface area contributed by atoms with E-state index in [4.69, 9.17) is 49.2 Å². The molecule has 796 valence electrons. The van der Waals surface area contributed by atoms with Crippen molar-refractivity contribution in [1.82, 2.24) is 99.3 Å². The molecule has 3 aromatic heterocycles. The molecule has 6 rings (SSSR count). The number of aliphatic hydroxyl groups is 1. The number of urea groups is 1. The smallest absolute Gasteiger partial charge is 0.325 e. The number of hydrogen-bond acceptors (Lipinski definition) is 31. The van der Waals surface area contributed by atoms with Crippen molar-refractivity contribution in [1.29, 1.82) is 0 Å². The number of nitrogens with one attached hydrogen (secondary N) is 17. The van der Waals surface area contributed by atoms with E-state index in [1.807, 2.05) is 13.8 Å². The van der Waals surface area contributed by atoms with Gasteiger partial charge in [-0.05, 0) is 86.7 Å². The number of carbonyl (C=O) groups excluding carboxylic acids is 15. The predicted octanol–water partition coefficient (Wildman–Crippen LogP) is -1.72. The summed E-state index contributed by atoms with van der Waals surface area (Å²) in [7, 11) is 1.43. The highest BCUT2D eigenvalue weighted by Gasteiger charge is 2.41. The number of primary amides is 1. The van der Waals surface area contributed by atoms with Gasteiger partial charge in [-0.25, -0.2) is 9.78 Å². The molecule has 12 atom stereocenters. The number of ether oxygens (including phenoxy) is 8. The minimum Gasteiger partial charge on any atom is -0.481 e. The van der Waals surface area contributed by atoms with Crippen LogP contribution in [0, 0.1) is 11.8 Å². The summed E-state index contributed by atoms with van der Waals surface area (Å²) in [6.07, 6.45) is 0.678. The maximum absolute atomic E-state index is 15.6. The number of rotatable bonds is 55. The number of imide groups is 1. The minimum absolute atomic E-state index is 0.0155. The number of nitrogens with zero attached hydrogens (tertiary/aromatic N) is 5. The molecular formula is C91H137N23O28S2. The van der Waals surface area contributed by atoms with Gasteiger partial charge in [0.05, 0.1) is 143 Å². The molecule has 53 heteroatoms. The number of azide groups is 1. The average Bonchev–Trinajstić information content (AvgIpc) is 1.64. The van der Waals surface area contributed by atoms with Crippen LogP contribution in [0.5, 0.6) is 0 Å². The fourth-order valence-electron chi connectivity index (χ4n) is 14.1. The topological polar surface area (TPSA) is 731 Å². The lowest BCUT2D eigenvalue weighted by molar-refractivity contribution is -0.141. The predicted molar refractivity (Wildman–Crippen MR) is 523 cm³/mol. The first kappa shape index (κ1) is 120. The number of amides is 16. The lowest BCUT2D eigenvalue weighted by atomic mass is 9.99. The zero-order valence-corrected chi connectivity index (χ0v) is 83.5. The Balaban J connectivity index is 1.27. The van der Waals surface area contributed by atoms with Gasteiger partial charge in [0.25, 0.3) is 5.91 Å². The van der Waals surface area contributed by atoms with Gasteiger partial charge in [0, 0.05) is 95.1 Å². The number of H-pyrrole nitrogens is 3. The molecule has 2 aromatic carbocycles. The van der Waals surface area contributed by atoms with Crippen molar-refractivity contribution in [2.45, 2.75) is 198 Å². The van der Waals surface area contributed by atoms with Gasteiger partial charge >= 0.3 is 18.0 Å². The van der Waals surface area contributed by atoms with E-state index in [9.17, 15) is 72.9 Å². The van der Waals surface area contributed by atoms with E-state index in [1.165, 1.54) is 39.5 Å². The first-order valence-electron chi connectivity index (χ1n) is 47.2. The Labute approximate surface area is 839 Å². The Morgan fingerprint density at radius 3 is 1.65 bits per heavy atom. The molecule has 12 unspecified atom stereocenters. The molecule has 1 aliphatic rings. The quantitative estimate of drug-likeness (QED) is 0.00677. The van der Waals surface area contributed by atoms with Gasteiger partial charge in [-0.1, -0.05) is 105 Å². The highest BCUT2D eigenvalue weighted by atomic mass is 33.1. The number of aromatic nitrogens is 4. The van der Waals surface area contributed by atoms with Gasteiger partial charge in [0.2, 0.25) is 76.8 Å².